The minimum Gasteiger partial charge on any atom is -0.387 e. The van der Waals surface area contributed by atoms with Gasteiger partial charge in [0.25, 0.3) is 0 Å². The highest BCUT2D eigenvalue weighted by Crippen LogP contribution is 2.23. The van der Waals surface area contributed by atoms with Gasteiger partial charge in [0.1, 0.15) is 8.07 Å². The first-order valence-electron chi connectivity index (χ1n) is 7.95. The SMILES string of the molecule is C[Si](C)(C)C#CC(/C=C/c1ccccc1)C(O)c1ccccc1. The lowest BCUT2D eigenvalue weighted by Gasteiger charge is -2.16. The lowest BCUT2D eigenvalue weighted by Crippen LogP contribution is -2.18. The molecule has 2 rings (SSSR count). The highest BCUT2D eigenvalue weighted by atomic mass is 28.3. The van der Waals surface area contributed by atoms with Crippen molar-refractivity contribution in [3.8, 4) is 11.5 Å². The van der Waals surface area contributed by atoms with Crippen LogP contribution in [0.3, 0.4) is 0 Å². The lowest BCUT2D eigenvalue weighted by molar-refractivity contribution is 0.155. The molecule has 1 nitrogen and oxygen atoms in total. The van der Waals surface area contributed by atoms with Crippen LogP contribution in [-0.2, 0) is 0 Å². The summed E-state index contributed by atoms with van der Waals surface area (Å²) in [5, 5.41) is 10.7. The van der Waals surface area contributed by atoms with Gasteiger partial charge in [0.15, 0.2) is 0 Å². The van der Waals surface area contributed by atoms with Gasteiger partial charge < -0.3 is 5.11 Å². The van der Waals surface area contributed by atoms with Crippen LogP contribution in [0.25, 0.3) is 6.08 Å². The largest absolute Gasteiger partial charge is 0.387 e. The van der Waals surface area contributed by atoms with Crippen LogP contribution >= 0.6 is 0 Å². The Kier molecular flexibility index (Phi) is 5.98. The van der Waals surface area contributed by atoms with E-state index in [1.165, 1.54) is 0 Å². The molecule has 0 aliphatic rings. The first-order chi connectivity index (χ1) is 11.0. The molecule has 2 aromatic carbocycles. The van der Waals surface area contributed by atoms with Crippen molar-refractivity contribution >= 4 is 14.1 Å². The first kappa shape index (κ1) is 17.3. The standard InChI is InChI=1S/C21H24OSi/c1-23(2,3)17-16-20(15-14-18-10-6-4-7-11-18)21(22)19-12-8-5-9-13-19/h4-15,20-22H,1-3H3/b15-14+. The Morgan fingerprint density at radius 2 is 1.48 bits per heavy atom. The molecule has 2 aromatic rings. The maximum absolute atomic E-state index is 10.7. The highest BCUT2D eigenvalue weighted by Gasteiger charge is 2.17. The van der Waals surface area contributed by atoms with Gasteiger partial charge in [-0.25, -0.2) is 0 Å². The van der Waals surface area contributed by atoms with E-state index in [0.29, 0.717) is 0 Å². The molecule has 0 spiro atoms. The maximum Gasteiger partial charge on any atom is 0.129 e. The van der Waals surface area contributed by atoms with Crippen LogP contribution < -0.4 is 0 Å². The molecule has 0 heterocycles. The second kappa shape index (κ2) is 7.96. The number of hydrogen-bond acceptors (Lipinski definition) is 1. The predicted octanol–water partition coefficient (Wildman–Crippen LogP) is 4.93. The second-order valence-electron chi connectivity index (χ2n) is 6.67. The zero-order valence-electron chi connectivity index (χ0n) is 14.0. The van der Waals surface area contributed by atoms with Crippen LogP contribution in [0.1, 0.15) is 17.2 Å². The number of hydrogen-bond donors (Lipinski definition) is 1. The molecule has 118 valence electrons. The summed E-state index contributed by atoms with van der Waals surface area (Å²) >= 11 is 0. The minimum absolute atomic E-state index is 0.204. The third kappa shape index (κ3) is 5.90. The molecule has 0 saturated heterocycles. The molecular weight excluding hydrogens is 296 g/mol. The first-order valence-corrected chi connectivity index (χ1v) is 11.4. The molecule has 1 N–H and O–H groups in total. The fourth-order valence-corrected chi connectivity index (χ4v) is 2.77. The molecular formula is C21H24OSi. The summed E-state index contributed by atoms with van der Waals surface area (Å²) in [5.41, 5.74) is 5.41. The van der Waals surface area contributed by atoms with Crippen molar-refractivity contribution < 1.29 is 5.11 Å². The summed E-state index contributed by atoms with van der Waals surface area (Å²) in [4.78, 5) is 0. The van der Waals surface area contributed by atoms with Gasteiger partial charge in [-0.2, -0.15) is 0 Å². The van der Waals surface area contributed by atoms with Gasteiger partial charge in [-0.1, -0.05) is 98.4 Å². The van der Waals surface area contributed by atoms with Crippen LogP contribution in [0, 0.1) is 17.4 Å². The summed E-state index contributed by atoms with van der Waals surface area (Å²) in [6.07, 6.45) is 3.44. The van der Waals surface area contributed by atoms with Gasteiger partial charge in [-0.05, 0) is 11.1 Å². The Bertz CT molecular complexity index is 687. The Labute approximate surface area is 140 Å². The molecule has 2 unspecified atom stereocenters. The van der Waals surface area contributed by atoms with Crippen LogP contribution in [0.5, 0.6) is 0 Å². The average Bonchev–Trinajstić information content (AvgIpc) is 2.55. The Hall–Kier alpha value is -2.08. The minimum atomic E-state index is -1.48. The topological polar surface area (TPSA) is 20.2 Å². The molecule has 0 aromatic heterocycles. The maximum atomic E-state index is 10.7. The molecule has 23 heavy (non-hydrogen) atoms. The summed E-state index contributed by atoms with van der Waals surface area (Å²) in [7, 11) is -1.48. The van der Waals surface area contributed by atoms with E-state index in [-0.39, 0.29) is 5.92 Å². The molecule has 0 radical (unpaired) electrons. The number of rotatable bonds is 4. The van der Waals surface area contributed by atoms with E-state index in [1.807, 2.05) is 72.8 Å². The van der Waals surface area contributed by atoms with Crippen molar-refractivity contribution in [2.45, 2.75) is 25.7 Å². The van der Waals surface area contributed by atoms with E-state index in [9.17, 15) is 5.11 Å². The average molecular weight is 321 g/mol. The van der Waals surface area contributed by atoms with Gasteiger partial charge in [0, 0.05) is 0 Å². The molecule has 0 aliphatic carbocycles. The lowest BCUT2D eigenvalue weighted by atomic mass is 9.95. The zero-order valence-corrected chi connectivity index (χ0v) is 15.0. The van der Waals surface area contributed by atoms with Gasteiger partial charge in [0.2, 0.25) is 0 Å². The number of benzene rings is 2. The Balaban J connectivity index is 2.28. The molecule has 0 fully saturated rings. The molecule has 2 heteroatoms. The van der Waals surface area contributed by atoms with E-state index >= 15 is 0 Å². The van der Waals surface area contributed by atoms with E-state index in [2.05, 4.69) is 31.1 Å². The summed E-state index contributed by atoms with van der Waals surface area (Å²) in [5.74, 6) is 3.10. The Morgan fingerprint density at radius 1 is 0.913 bits per heavy atom. The smallest absolute Gasteiger partial charge is 0.129 e. The summed E-state index contributed by atoms with van der Waals surface area (Å²) in [6, 6.07) is 19.9. The fraction of sp³-hybridized carbons (Fsp3) is 0.238. The number of aliphatic hydroxyl groups excluding tert-OH is 1. The van der Waals surface area contributed by atoms with Gasteiger partial charge >= 0.3 is 0 Å². The monoisotopic (exact) mass is 320 g/mol. The van der Waals surface area contributed by atoms with Gasteiger partial charge in [0.05, 0.1) is 12.0 Å². The normalized spacial score (nSPS) is 14.1. The third-order valence-electron chi connectivity index (χ3n) is 3.39. The van der Waals surface area contributed by atoms with Crippen molar-refractivity contribution in [3.05, 3.63) is 77.9 Å². The highest BCUT2D eigenvalue weighted by molar-refractivity contribution is 6.83. The van der Waals surface area contributed by atoms with Gasteiger partial charge in [-0.3, -0.25) is 0 Å². The fourth-order valence-electron chi connectivity index (χ4n) is 2.17. The molecule has 0 aliphatic heterocycles. The number of aliphatic hydroxyl groups is 1. The Morgan fingerprint density at radius 3 is 2.04 bits per heavy atom. The van der Waals surface area contributed by atoms with Crippen LogP contribution in [-0.4, -0.2) is 13.2 Å². The second-order valence-corrected chi connectivity index (χ2v) is 11.4. The summed E-state index contributed by atoms with van der Waals surface area (Å²) < 4.78 is 0. The predicted molar refractivity (Wildman–Crippen MR) is 101 cm³/mol. The van der Waals surface area contributed by atoms with E-state index in [4.69, 9.17) is 0 Å². The molecule has 0 amide bonds. The molecule has 0 saturated carbocycles. The van der Waals surface area contributed by atoms with Crippen molar-refractivity contribution in [1.82, 2.24) is 0 Å². The van der Waals surface area contributed by atoms with Crippen molar-refractivity contribution in [3.63, 3.8) is 0 Å². The quantitative estimate of drug-likeness (QED) is 0.625. The third-order valence-corrected chi connectivity index (χ3v) is 4.29. The van der Waals surface area contributed by atoms with Crippen molar-refractivity contribution in [1.29, 1.82) is 0 Å². The molecule has 2 atom stereocenters. The van der Waals surface area contributed by atoms with E-state index < -0.39 is 14.2 Å². The zero-order chi connectivity index (χ0) is 16.7. The molecule has 0 bridgehead atoms. The van der Waals surface area contributed by atoms with Crippen LogP contribution in [0.15, 0.2) is 66.7 Å². The van der Waals surface area contributed by atoms with E-state index in [1.54, 1.807) is 0 Å². The van der Waals surface area contributed by atoms with Crippen molar-refractivity contribution in [2.75, 3.05) is 0 Å². The van der Waals surface area contributed by atoms with Crippen LogP contribution in [0.2, 0.25) is 19.6 Å². The van der Waals surface area contributed by atoms with Gasteiger partial charge in [-0.15, -0.1) is 5.54 Å². The van der Waals surface area contributed by atoms with E-state index in [0.717, 1.165) is 11.1 Å². The van der Waals surface area contributed by atoms with Crippen molar-refractivity contribution in [2.24, 2.45) is 5.92 Å². The van der Waals surface area contributed by atoms with Crippen LogP contribution in [0.4, 0.5) is 0 Å². The summed E-state index contributed by atoms with van der Waals surface area (Å²) in [6.45, 7) is 6.65.